The van der Waals surface area contributed by atoms with E-state index in [2.05, 4.69) is 15.5 Å². The van der Waals surface area contributed by atoms with Crippen LogP contribution >= 0.6 is 0 Å². The first-order chi connectivity index (χ1) is 17.7. The number of para-hydroxylation sites is 1. The number of nitrogens with one attached hydrogen (secondary N) is 1. The molecular formula is C25H25FN4O6S. The van der Waals surface area contributed by atoms with Crippen molar-refractivity contribution in [1.29, 1.82) is 0 Å². The van der Waals surface area contributed by atoms with Crippen molar-refractivity contribution >= 4 is 21.4 Å². The number of aryl methyl sites for hydroxylation is 1. The molecule has 10 nitrogen and oxygen atoms in total. The lowest BCUT2D eigenvalue weighted by Crippen LogP contribution is -2.17. The Bertz CT molecular complexity index is 1490. The molecule has 0 saturated heterocycles. The number of benzene rings is 2. The Morgan fingerprint density at radius 1 is 1.08 bits per heavy atom. The summed E-state index contributed by atoms with van der Waals surface area (Å²) in [5.41, 5.74) is 1.13. The Morgan fingerprint density at radius 2 is 1.81 bits per heavy atom. The number of hydrogen-bond acceptors (Lipinski definition) is 8. The first-order valence-electron chi connectivity index (χ1n) is 11.2. The summed E-state index contributed by atoms with van der Waals surface area (Å²) < 4.78 is 58.3. The Hall–Kier alpha value is -4.19. The normalized spacial score (nSPS) is 11.4. The summed E-state index contributed by atoms with van der Waals surface area (Å²) in [6.07, 6.45) is 1.52. The van der Waals surface area contributed by atoms with Crippen molar-refractivity contribution < 1.29 is 31.5 Å². The molecule has 0 aliphatic rings. The van der Waals surface area contributed by atoms with Crippen LogP contribution in [-0.4, -0.2) is 49.1 Å². The van der Waals surface area contributed by atoms with E-state index in [4.69, 9.17) is 13.9 Å². The number of amides is 1. The van der Waals surface area contributed by atoms with Crippen LogP contribution in [0.3, 0.4) is 0 Å². The van der Waals surface area contributed by atoms with Crippen LogP contribution in [0.15, 0.2) is 59.2 Å². The number of furan rings is 1. The largest absolute Gasteiger partial charge is 0.494 e. The smallest absolute Gasteiger partial charge is 0.221 e. The maximum atomic E-state index is 13.7. The molecule has 0 saturated carbocycles. The van der Waals surface area contributed by atoms with Gasteiger partial charge in [-0.25, -0.2) is 12.8 Å². The van der Waals surface area contributed by atoms with Gasteiger partial charge in [0.1, 0.15) is 28.8 Å². The molecule has 2 heterocycles. The zero-order valence-electron chi connectivity index (χ0n) is 20.4. The predicted octanol–water partition coefficient (Wildman–Crippen LogP) is 3.80. The van der Waals surface area contributed by atoms with Gasteiger partial charge in [0.25, 0.3) is 0 Å². The minimum Gasteiger partial charge on any atom is -0.494 e. The molecule has 0 bridgehead atoms. The lowest BCUT2D eigenvalue weighted by molar-refractivity contribution is -0.114. The van der Waals surface area contributed by atoms with Crippen LogP contribution in [0.1, 0.15) is 18.3 Å². The third kappa shape index (κ3) is 5.80. The van der Waals surface area contributed by atoms with Crippen LogP contribution in [-0.2, 0) is 26.8 Å². The summed E-state index contributed by atoms with van der Waals surface area (Å²) in [6.45, 7) is 1.29. The van der Waals surface area contributed by atoms with Gasteiger partial charge in [-0.05, 0) is 48.4 Å². The van der Waals surface area contributed by atoms with E-state index in [-0.39, 0.29) is 35.4 Å². The van der Waals surface area contributed by atoms with Gasteiger partial charge in [0, 0.05) is 12.6 Å². The first kappa shape index (κ1) is 25.9. The summed E-state index contributed by atoms with van der Waals surface area (Å²) >= 11 is 0. The topological polar surface area (TPSA) is 126 Å². The fourth-order valence-electron chi connectivity index (χ4n) is 3.87. The van der Waals surface area contributed by atoms with Crippen molar-refractivity contribution in [3.05, 3.63) is 72.0 Å². The molecular weight excluding hydrogens is 503 g/mol. The SMILES string of the molecule is COc1cccc(OC)c1-n1c(CS(=O)(=O)CCc2ccc(F)cc2NC(C)=O)nnc1-c1ccco1. The van der Waals surface area contributed by atoms with E-state index >= 15 is 0 Å². The third-order valence-electron chi connectivity index (χ3n) is 5.51. The number of ether oxygens (including phenoxy) is 2. The van der Waals surface area contributed by atoms with Crippen molar-refractivity contribution in [3.63, 3.8) is 0 Å². The number of carbonyl (C=O) groups excluding carboxylic acids is 1. The molecule has 0 fully saturated rings. The molecule has 4 aromatic rings. The molecule has 12 heteroatoms. The molecule has 4 rings (SSSR count). The molecule has 0 unspecified atom stereocenters. The Labute approximate surface area is 213 Å². The van der Waals surface area contributed by atoms with E-state index < -0.39 is 21.4 Å². The van der Waals surface area contributed by atoms with E-state index in [0.717, 1.165) is 6.07 Å². The molecule has 37 heavy (non-hydrogen) atoms. The molecule has 0 atom stereocenters. The average Bonchev–Trinajstić information content (AvgIpc) is 3.52. The highest BCUT2D eigenvalue weighted by Gasteiger charge is 2.26. The second kappa shape index (κ2) is 10.8. The molecule has 0 aliphatic carbocycles. The van der Waals surface area contributed by atoms with E-state index in [1.807, 2.05) is 0 Å². The number of nitrogens with zero attached hydrogens (tertiary/aromatic N) is 3. The molecule has 2 aromatic heterocycles. The van der Waals surface area contributed by atoms with Crippen LogP contribution in [0.25, 0.3) is 17.3 Å². The predicted molar refractivity (Wildman–Crippen MR) is 134 cm³/mol. The molecule has 1 amide bonds. The zero-order valence-corrected chi connectivity index (χ0v) is 21.2. The maximum Gasteiger partial charge on any atom is 0.221 e. The van der Waals surface area contributed by atoms with Crippen molar-refractivity contribution in [1.82, 2.24) is 14.8 Å². The summed E-state index contributed by atoms with van der Waals surface area (Å²) in [6, 6.07) is 12.3. The Morgan fingerprint density at radius 3 is 2.43 bits per heavy atom. The minimum absolute atomic E-state index is 0.0510. The van der Waals surface area contributed by atoms with Gasteiger partial charge in [-0.1, -0.05) is 12.1 Å². The standard InChI is InChI=1S/C25H25FN4O6S/c1-16(31)27-19-14-18(26)10-9-17(19)11-13-37(32,33)15-23-28-29-25(22-8-5-12-36-22)30(23)24-20(34-2)6-4-7-21(24)35-3/h4-10,12,14H,11,13,15H2,1-3H3,(H,27,31). The first-order valence-corrected chi connectivity index (χ1v) is 13.0. The van der Waals surface area contributed by atoms with Crippen LogP contribution in [0.4, 0.5) is 10.1 Å². The van der Waals surface area contributed by atoms with Gasteiger partial charge in [-0.3, -0.25) is 9.36 Å². The number of carbonyl (C=O) groups is 1. The molecule has 2 aromatic carbocycles. The summed E-state index contributed by atoms with van der Waals surface area (Å²) in [5.74, 6) is -0.0850. The molecule has 0 spiro atoms. The van der Waals surface area contributed by atoms with Gasteiger partial charge in [-0.2, -0.15) is 0 Å². The quantitative estimate of drug-likeness (QED) is 0.330. The zero-order chi connectivity index (χ0) is 26.6. The van der Waals surface area contributed by atoms with Gasteiger partial charge in [-0.15, -0.1) is 10.2 Å². The molecule has 1 N–H and O–H groups in total. The number of anilines is 1. The van der Waals surface area contributed by atoms with Crippen LogP contribution in [0.2, 0.25) is 0 Å². The number of sulfone groups is 1. The highest BCUT2D eigenvalue weighted by molar-refractivity contribution is 7.90. The van der Waals surface area contributed by atoms with Gasteiger partial charge < -0.3 is 19.2 Å². The number of methoxy groups -OCH3 is 2. The summed E-state index contributed by atoms with van der Waals surface area (Å²) in [5, 5.41) is 10.9. The number of aromatic nitrogens is 3. The molecule has 0 radical (unpaired) electrons. The van der Waals surface area contributed by atoms with Gasteiger partial charge in [0.15, 0.2) is 21.4 Å². The van der Waals surface area contributed by atoms with Gasteiger partial charge in [0.05, 0.1) is 26.2 Å². The monoisotopic (exact) mass is 528 g/mol. The Kier molecular flexibility index (Phi) is 7.58. The van der Waals surface area contributed by atoms with Crippen molar-refractivity contribution in [2.75, 3.05) is 25.3 Å². The van der Waals surface area contributed by atoms with Crippen LogP contribution in [0.5, 0.6) is 11.5 Å². The maximum absolute atomic E-state index is 13.7. The number of hydrogen-bond donors (Lipinski definition) is 1. The van der Waals surface area contributed by atoms with Crippen LogP contribution < -0.4 is 14.8 Å². The fraction of sp³-hybridized carbons (Fsp3) is 0.240. The minimum atomic E-state index is -3.76. The summed E-state index contributed by atoms with van der Waals surface area (Å²) in [7, 11) is -0.781. The van der Waals surface area contributed by atoms with Gasteiger partial charge >= 0.3 is 0 Å². The molecule has 0 aliphatic heterocycles. The third-order valence-corrected chi connectivity index (χ3v) is 7.04. The fourth-order valence-corrected chi connectivity index (χ4v) is 5.12. The lowest BCUT2D eigenvalue weighted by Gasteiger charge is -2.17. The average molecular weight is 529 g/mol. The number of rotatable bonds is 10. The van der Waals surface area contributed by atoms with E-state index in [1.165, 1.54) is 44.1 Å². The van der Waals surface area contributed by atoms with Gasteiger partial charge in [0.2, 0.25) is 11.7 Å². The second-order valence-corrected chi connectivity index (χ2v) is 10.3. The van der Waals surface area contributed by atoms with Crippen LogP contribution in [0, 0.1) is 5.82 Å². The van der Waals surface area contributed by atoms with Crippen molar-refractivity contribution in [3.8, 4) is 28.8 Å². The van der Waals surface area contributed by atoms with Crippen molar-refractivity contribution in [2.45, 2.75) is 19.1 Å². The molecule has 194 valence electrons. The highest BCUT2D eigenvalue weighted by atomic mass is 32.2. The lowest BCUT2D eigenvalue weighted by atomic mass is 10.1. The van der Waals surface area contributed by atoms with E-state index in [0.29, 0.717) is 28.5 Å². The Balaban J connectivity index is 1.70. The van der Waals surface area contributed by atoms with E-state index in [1.54, 1.807) is 30.3 Å². The van der Waals surface area contributed by atoms with Crippen molar-refractivity contribution in [2.24, 2.45) is 0 Å². The highest BCUT2D eigenvalue weighted by Crippen LogP contribution is 2.36. The number of halogens is 1. The second-order valence-electron chi connectivity index (χ2n) is 8.09. The summed E-state index contributed by atoms with van der Waals surface area (Å²) in [4.78, 5) is 11.5. The van der Waals surface area contributed by atoms with E-state index in [9.17, 15) is 17.6 Å².